The number of rotatable bonds is 4. The molecule has 2 amide bonds. The quantitative estimate of drug-likeness (QED) is 0.515. The van der Waals surface area contributed by atoms with E-state index >= 15 is 0 Å². The third-order valence-corrected chi connectivity index (χ3v) is 5.94. The molecule has 4 nitrogen and oxygen atoms in total. The maximum atomic E-state index is 13.7. The largest absolute Gasteiger partial charge is 0.301 e. The lowest BCUT2D eigenvalue weighted by molar-refractivity contribution is -0.128. The molecule has 0 spiro atoms. The number of hydrogen-bond acceptors (Lipinski definition) is 2. The SMILES string of the molecule is Cc1ccc(N2CC(=O)N(c3ccc(Cl)cc3)C(c3ccc(C(C)C)cc3)C2=O)cc1. The molecule has 0 aliphatic carbocycles. The van der Waals surface area contributed by atoms with E-state index in [1.165, 1.54) is 5.56 Å². The lowest BCUT2D eigenvalue weighted by atomic mass is 9.95. The van der Waals surface area contributed by atoms with E-state index in [1.807, 2.05) is 55.5 Å². The first kappa shape index (κ1) is 21.1. The summed E-state index contributed by atoms with van der Waals surface area (Å²) in [7, 11) is 0. The van der Waals surface area contributed by atoms with Crippen LogP contribution in [0, 0.1) is 6.92 Å². The van der Waals surface area contributed by atoms with Gasteiger partial charge in [-0.15, -0.1) is 0 Å². The molecule has 5 heteroatoms. The van der Waals surface area contributed by atoms with Gasteiger partial charge in [0.25, 0.3) is 5.91 Å². The van der Waals surface area contributed by atoms with Crippen molar-refractivity contribution in [3.8, 4) is 0 Å². The minimum absolute atomic E-state index is 0.00883. The van der Waals surface area contributed by atoms with Gasteiger partial charge in [-0.05, 0) is 60.4 Å². The van der Waals surface area contributed by atoms with Gasteiger partial charge in [-0.2, -0.15) is 0 Å². The van der Waals surface area contributed by atoms with Crippen molar-refractivity contribution in [1.82, 2.24) is 0 Å². The number of piperazine rings is 1. The minimum Gasteiger partial charge on any atom is -0.301 e. The van der Waals surface area contributed by atoms with Crippen molar-refractivity contribution in [3.63, 3.8) is 0 Å². The zero-order valence-corrected chi connectivity index (χ0v) is 18.6. The van der Waals surface area contributed by atoms with Crippen molar-refractivity contribution in [3.05, 3.63) is 94.5 Å². The van der Waals surface area contributed by atoms with Gasteiger partial charge in [0.1, 0.15) is 12.6 Å². The lowest BCUT2D eigenvalue weighted by Crippen LogP contribution is -2.56. The molecule has 1 heterocycles. The maximum Gasteiger partial charge on any atom is 0.255 e. The van der Waals surface area contributed by atoms with E-state index in [0.29, 0.717) is 16.6 Å². The second kappa shape index (κ2) is 8.56. The number of halogens is 1. The Bertz CT molecular complexity index is 1090. The number of hydrogen-bond donors (Lipinski definition) is 0. The van der Waals surface area contributed by atoms with Crippen molar-refractivity contribution in [2.75, 3.05) is 16.3 Å². The highest BCUT2D eigenvalue weighted by Gasteiger charge is 2.41. The molecule has 0 aromatic heterocycles. The molecule has 1 fully saturated rings. The molecule has 158 valence electrons. The summed E-state index contributed by atoms with van der Waals surface area (Å²) in [5, 5.41) is 0.582. The molecule has 1 aliphatic heterocycles. The number of anilines is 2. The number of amides is 2. The fourth-order valence-electron chi connectivity index (χ4n) is 3.88. The molecular formula is C26H25ClN2O2. The zero-order chi connectivity index (χ0) is 22.1. The Morgan fingerprint density at radius 2 is 1.42 bits per heavy atom. The second-order valence-electron chi connectivity index (χ2n) is 8.22. The van der Waals surface area contributed by atoms with E-state index < -0.39 is 6.04 Å². The standard InChI is InChI=1S/C26H25ClN2O2/c1-17(2)19-6-8-20(9-7-19)25-26(31)28(22-12-4-18(3)5-13-22)16-24(30)29(25)23-14-10-21(27)11-15-23/h4-15,17,25H,16H2,1-3H3. The third-order valence-electron chi connectivity index (χ3n) is 5.69. The van der Waals surface area contributed by atoms with Crippen LogP contribution in [0.3, 0.4) is 0 Å². The number of carbonyl (C=O) groups is 2. The number of benzene rings is 3. The van der Waals surface area contributed by atoms with Crippen molar-refractivity contribution < 1.29 is 9.59 Å². The number of nitrogens with zero attached hydrogens (tertiary/aromatic N) is 2. The van der Waals surface area contributed by atoms with E-state index in [-0.39, 0.29) is 18.4 Å². The molecule has 3 aromatic rings. The van der Waals surface area contributed by atoms with Gasteiger partial charge in [-0.3, -0.25) is 14.5 Å². The molecule has 1 saturated heterocycles. The highest BCUT2D eigenvalue weighted by atomic mass is 35.5. The predicted octanol–water partition coefficient (Wildman–Crippen LogP) is 5.89. The van der Waals surface area contributed by atoms with E-state index in [2.05, 4.69) is 13.8 Å². The lowest BCUT2D eigenvalue weighted by Gasteiger charge is -2.40. The smallest absolute Gasteiger partial charge is 0.255 e. The topological polar surface area (TPSA) is 40.6 Å². The van der Waals surface area contributed by atoms with Crippen LogP contribution in [0.1, 0.15) is 42.5 Å². The van der Waals surface area contributed by atoms with Gasteiger partial charge in [0.2, 0.25) is 5.91 Å². The molecule has 1 aliphatic rings. The summed E-state index contributed by atoms with van der Waals surface area (Å²) in [5.41, 5.74) is 4.46. The summed E-state index contributed by atoms with van der Waals surface area (Å²) < 4.78 is 0. The Morgan fingerprint density at radius 3 is 2.00 bits per heavy atom. The van der Waals surface area contributed by atoms with Crippen LogP contribution >= 0.6 is 11.6 Å². The van der Waals surface area contributed by atoms with Crippen LogP contribution in [-0.2, 0) is 9.59 Å². The van der Waals surface area contributed by atoms with Crippen molar-refractivity contribution in [2.24, 2.45) is 0 Å². The highest BCUT2D eigenvalue weighted by Crippen LogP contribution is 2.35. The van der Waals surface area contributed by atoms with Crippen LogP contribution in [-0.4, -0.2) is 18.4 Å². The van der Waals surface area contributed by atoms with Crippen LogP contribution in [0.2, 0.25) is 5.02 Å². The Morgan fingerprint density at radius 1 is 0.839 bits per heavy atom. The number of carbonyl (C=O) groups excluding carboxylic acids is 2. The van der Waals surface area contributed by atoms with Gasteiger partial charge in [-0.25, -0.2) is 0 Å². The molecule has 0 bridgehead atoms. The molecule has 0 N–H and O–H groups in total. The molecule has 3 aromatic carbocycles. The van der Waals surface area contributed by atoms with Gasteiger partial charge in [-0.1, -0.05) is 67.4 Å². The van der Waals surface area contributed by atoms with Gasteiger partial charge < -0.3 is 4.90 Å². The van der Waals surface area contributed by atoms with Crippen LogP contribution in [0.5, 0.6) is 0 Å². The van der Waals surface area contributed by atoms with Crippen LogP contribution < -0.4 is 9.80 Å². The second-order valence-corrected chi connectivity index (χ2v) is 8.66. The normalized spacial score (nSPS) is 16.9. The first-order chi connectivity index (χ1) is 14.8. The average molecular weight is 433 g/mol. The fraction of sp³-hybridized carbons (Fsp3) is 0.231. The molecular weight excluding hydrogens is 408 g/mol. The van der Waals surface area contributed by atoms with Gasteiger partial charge in [0.15, 0.2) is 0 Å². The first-order valence-corrected chi connectivity index (χ1v) is 10.8. The first-order valence-electron chi connectivity index (χ1n) is 10.4. The summed E-state index contributed by atoms with van der Waals surface area (Å²) in [4.78, 5) is 30.2. The summed E-state index contributed by atoms with van der Waals surface area (Å²) in [6.07, 6.45) is 0. The maximum absolute atomic E-state index is 13.7. The van der Waals surface area contributed by atoms with Gasteiger partial charge >= 0.3 is 0 Å². The summed E-state index contributed by atoms with van der Waals surface area (Å²) >= 11 is 6.05. The Kier molecular flexibility index (Phi) is 5.84. The van der Waals surface area contributed by atoms with Crippen molar-refractivity contribution in [1.29, 1.82) is 0 Å². The van der Waals surface area contributed by atoms with E-state index in [1.54, 1.807) is 34.1 Å². The Hall–Kier alpha value is -3.11. The summed E-state index contributed by atoms with van der Waals surface area (Å²) in [5.74, 6) is 0.116. The van der Waals surface area contributed by atoms with E-state index in [9.17, 15) is 9.59 Å². The molecule has 4 rings (SSSR count). The van der Waals surface area contributed by atoms with Crippen molar-refractivity contribution in [2.45, 2.75) is 32.7 Å². The van der Waals surface area contributed by atoms with Crippen LogP contribution in [0.25, 0.3) is 0 Å². The highest BCUT2D eigenvalue weighted by molar-refractivity contribution is 6.30. The molecule has 31 heavy (non-hydrogen) atoms. The van der Waals surface area contributed by atoms with Crippen LogP contribution in [0.4, 0.5) is 11.4 Å². The summed E-state index contributed by atoms with van der Waals surface area (Å²) in [6, 6.07) is 21.9. The molecule has 0 saturated carbocycles. The Balaban J connectivity index is 1.79. The monoisotopic (exact) mass is 432 g/mol. The van der Waals surface area contributed by atoms with E-state index in [0.717, 1.165) is 16.8 Å². The predicted molar refractivity (Wildman–Crippen MR) is 126 cm³/mol. The molecule has 0 radical (unpaired) electrons. The van der Waals surface area contributed by atoms with Crippen molar-refractivity contribution >= 4 is 34.8 Å². The van der Waals surface area contributed by atoms with E-state index in [4.69, 9.17) is 11.6 Å². The third kappa shape index (κ3) is 4.21. The minimum atomic E-state index is -0.745. The van der Waals surface area contributed by atoms with Crippen LogP contribution in [0.15, 0.2) is 72.8 Å². The fourth-order valence-corrected chi connectivity index (χ4v) is 4.01. The summed E-state index contributed by atoms with van der Waals surface area (Å²) in [6.45, 7) is 6.24. The average Bonchev–Trinajstić information content (AvgIpc) is 2.76. The zero-order valence-electron chi connectivity index (χ0n) is 17.9. The van der Waals surface area contributed by atoms with Gasteiger partial charge in [0.05, 0.1) is 0 Å². The van der Waals surface area contributed by atoms with Gasteiger partial charge in [0, 0.05) is 16.4 Å². The Labute approximate surface area is 188 Å². The molecule has 1 atom stereocenters. The molecule has 1 unspecified atom stereocenters. The number of aryl methyl sites for hydroxylation is 1.